The molecule has 2 aliphatic heterocycles. The number of nitrogens with one attached hydrogen (secondary N) is 1. The maximum absolute atomic E-state index is 14.2. The summed E-state index contributed by atoms with van der Waals surface area (Å²) in [6, 6.07) is 4.51. The van der Waals surface area contributed by atoms with Crippen LogP contribution in [0.1, 0.15) is 24.7 Å². The largest absolute Gasteiger partial charge is 0.381 e. The Morgan fingerprint density at radius 2 is 2.00 bits per heavy atom. The summed E-state index contributed by atoms with van der Waals surface area (Å²) in [7, 11) is 0. The van der Waals surface area contributed by atoms with E-state index < -0.39 is 5.67 Å². The van der Waals surface area contributed by atoms with Crippen molar-refractivity contribution in [1.29, 1.82) is 0 Å². The molecule has 0 atom stereocenters. The van der Waals surface area contributed by atoms with Crippen molar-refractivity contribution in [3.8, 4) is 11.1 Å². The number of alkyl halides is 1. The van der Waals surface area contributed by atoms with Crippen molar-refractivity contribution in [2.24, 2.45) is 0 Å². The van der Waals surface area contributed by atoms with Gasteiger partial charge in [0.25, 0.3) is 0 Å². The Morgan fingerprint density at radius 3 is 2.78 bits per heavy atom. The monoisotopic (exact) mass is 437 g/mol. The number of anilines is 1. The minimum atomic E-state index is -1.34. The Hall–Kier alpha value is -3.11. The van der Waals surface area contributed by atoms with Crippen molar-refractivity contribution in [1.82, 2.24) is 29.1 Å². The van der Waals surface area contributed by atoms with Gasteiger partial charge in [-0.3, -0.25) is 0 Å². The lowest BCUT2D eigenvalue weighted by atomic mass is 10.1. The average Bonchev–Trinajstić information content (AvgIpc) is 3.36. The van der Waals surface area contributed by atoms with E-state index >= 15 is 0 Å². The van der Waals surface area contributed by atoms with Crippen LogP contribution in [-0.4, -0.2) is 67.8 Å². The molecule has 4 aromatic rings. The van der Waals surface area contributed by atoms with Gasteiger partial charge < -0.3 is 19.4 Å². The minimum absolute atomic E-state index is 0.106. The number of hydrogen-bond donors (Lipinski definition) is 1. The molecule has 0 saturated carbocycles. The predicted molar refractivity (Wildman–Crippen MR) is 116 cm³/mol. The number of imidazole rings is 1. The summed E-state index contributed by atoms with van der Waals surface area (Å²) in [5, 5.41) is 7.44. The first-order valence-electron chi connectivity index (χ1n) is 10.9. The molecule has 2 fully saturated rings. The van der Waals surface area contributed by atoms with Gasteiger partial charge in [-0.2, -0.15) is 0 Å². The molecule has 2 aliphatic rings. The third-order valence-electron chi connectivity index (χ3n) is 6.29. The highest BCUT2D eigenvalue weighted by atomic mass is 19.1. The summed E-state index contributed by atoms with van der Waals surface area (Å²) in [6.45, 7) is 3.91. The normalized spacial score (nSPS) is 18.8. The highest BCUT2D eigenvalue weighted by Gasteiger charge is 2.38. The molecule has 1 N–H and O–H groups in total. The van der Waals surface area contributed by atoms with E-state index in [1.165, 1.54) is 0 Å². The summed E-state index contributed by atoms with van der Waals surface area (Å²) < 4.78 is 28.7. The number of rotatable bonds is 5. The molecule has 0 spiro atoms. The number of ether oxygens (including phenoxy) is 2. The van der Waals surface area contributed by atoms with Crippen molar-refractivity contribution < 1.29 is 13.9 Å². The Bertz CT molecular complexity index is 1290. The number of hydrogen-bond acceptors (Lipinski definition) is 7. The van der Waals surface area contributed by atoms with Crippen molar-refractivity contribution in [3.05, 3.63) is 36.5 Å². The highest BCUT2D eigenvalue weighted by molar-refractivity contribution is 5.85. The molecule has 0 aromatic carbocycles. The van der Waals surface area contributed by atoms with Gasteiger partial charge in [-0.1, -0.05) is 0 Å². The zero-order valence-electron chi connectivity index (χ0n) is 17.8. The number of pyridine rings is 1. The Labute approximate surface area is 183 Å². The van der Waals surface area contributed by atoms with E-state index in [9.17, 15) is 4.39 Å². The third kappa shape index (κ3) is 3.30. The van der Waals surface area contributed by atoms with Crippen molar-refractivity contribution in [3.63, 3.8) is 0 Å². The van der Waals surface area contributed by atoms with Crippen LogP contribution in [0.2, 0.25) is 0 Å². The van der Waals surface area contributed by atoms with Gasteiger partial charge in [0.2, 0.25) is 5.95 Å². The van der Waals surface area contributed by atoms with E-state index in [1.54, 1.807) is 10.7 Å². The summed E-state index contributed by atoms with van der Waals surface area (Å²) in [4.78, 5) is 13.7. The molecule has 0 amide bonds. The lowest BCUT2D eigenvalue weighted by Gasteiger charge is -2.33. The molecule has 0 bridgehead atoms. The van der Waals surface area contributed by atoms with E-state index in [2.05, 4.69) is 36.0 Å². The van der Waals surface area contributed by atoms with E-state index in [1.807, 2.05) is 25.4 Å². The number of aryl methyl sites for hydroxylation is 1. The molecule has 9 nitrogen and oxygen atoms in total. The second-order valence-corrected chi connectivity index (χ2v) is 8.58. The number of fused-ring (bicyclic) bond motifs is 2. The lowest BCUT2D eigenvalue weighted by molar-refractivity contribution is -0.121. The maximum atomic E-state index is 14.2. The molecule has 2 saturated heterocycles. The van der Waals surface area contributed by atoms with Gasteiger partial charge in [0.1, 0.15) is 5.82 Å². The van der Waals surface area contributed by atoms with Gasteiger partial charge in [-0.15, -0.1) is 5.10 Å². The summed E-state index contributed by atoms with van der Waals surface area (Å²) in [5.41, 5.74) is 3.26. The molecule has 0 aliphatic carbocycles. The fraction of sp³-hybridized carbons (Fsp3) is 0.455. The van der Waals surface area contributed by atoms with Crippen LogP contribution in [0.5, 0.6) is 0 Å². The third-order valence-corrected chi connectivity index (χ3v) is 6.29. The molecule has 6 rings (SSSR count). The maximum Gasteiger partial charge on any atom is 0.241 e. The fourth-order valence-corrected chi connectivity index (χ4v) is 4.53. The first-order chi connectivity index (χ1) is 15.6. The van der Waals surface area contributed by atoms with Crippen LogP contribution in [0.25, 0.3) is 27.8 Å². The van der Waals surface area contributed by atoms with Gasteiger partial charge in [-0.05, 0) is 31.9 Å². The summed E-state index contributed by atoms with van der Waals surface area (Å²) >= 11 is 0. The van der Waals surface area contributed by atoms with Crippen molar-refractivity contribution in [2.75, 3.05) is 38.3 Å². The van der Waals surface area contributed by atoms with Gasteiger partial charge in [0.15, 0.2) is 11.3 Å². The molecular weight excluding hydrogens is 413 g/mol. The van der Waals surface area contributed by atoms with Gasteiger partial charge >= 0.3 is 0 Å². The Kier molecular flexibility index (Phi) is 4.58. The lowest BCUT2D eigenvalue weighted by Crippen LogP contribution is -2.50. The van der Waals surface area contributed by atoms with Crippen LogP contribution in [0.4, 0.5) is 10.3 Å². The number of halogens is 1. The summed E-state index contributed by atoms with van der Waals surface area (Å²) in [6.07, 6.45) is 7.41. The van der Waals surface area contributed by atoms with E-state index in [0.717, 1.165) is 59.7 Å². The van der Waals surface area contributed by atoms with Gasteiger partial charge in [-0.25, -0.2) is 23.9 Å². The molecule has 0 unspecified atom stereocenters. The van der Waals surface area contributed by atoms with E-state index in [-0.39, 0.29) is 19.8 Å². The van der Waals surface area contributed by atoms with Gasteiger partial charge in [0, 0.05) is 42.8 Å². The van der Waals surface area contributed by atoms with E-state index in [0.29, 0.717) is 12.0 Å². The average molecular weight is 437 g/mol. The fourth-order valence-electron chi connectivity index (χ4n) is 4.53. The van der Waals surface area contributed by atoms with Crippen LogP contribution in [0, 0.1) is 6.92 Å². The molecule has 4 aromatic heterocycles. The highest BCUT2D eigenvalue weighted by Crippen LogP contribution is 2.31. The second-order valence-electron chi connectivity index (χ2n) is 8.58. The minimum Gasteiger partial charge on any atom is -0.381 e. The summed E-state index contributed by atoms with van der Waals surface area (Å²) in [5.74, 6) is 1.35. The smallest absolute Gasteiger partial charge is 0.241 e. The molecule has 10 heteroatoms. The molecule has 32 heavy (non-hydrogen) atoms. The topological polar surface area (TPSA) is 91.4 Å². The molecule has 166 valence electrons. The Morgan fingerprint density at radius 1 is 1.16 bits per heavy atom. The zero-order chi connectivity index (χ0) is 21.7. The first-order valence-corrected chi connectivity index (χ1v) is 10.9. The van der Waals surface area contributed by atoms with Crippen molar-refractivity contribution in [2.45, 2.75) is 31.5 Å². The van der Waals surface area contributed by atoms with Crippen LogP contribution in [-0.2, 0) is 9.47 Å². The molecular formula is C22H24FN7O2. The quantitative estimate of drug-likeness (QED) is 0.513. The first kappa shape index (κ1) is 19.6. The van der Waals surface area contributed by atoms with E-state index in [4.69, 9.17) is 9.47 Å². The predicted octanol–water partition coefficient (Wildman–Crippen LogP) is 2.95. The number of aromatic nitrogens is 6. The zero-order valence-corrected chi connectivity index (χ0v) is 17.8. The second kappa shape index (κ2) is 7.49. The standard InChI is InChI=1S/C22H24FN7O2/c1-14-27-20-18(30(14)16-3-6-31-7-4-16)8-15(9-24-20)17-2-5-29-19(17)10-25-21(28-29)26-11-22(23)12-32-13-22/h2,5,8-10,16H,3-4,6-7,11-13H2,1H3,(H,26,28). The SMILES string of the molecule is Cc1nc2ncc(-c3ccn4nc(NCC5(F)COC5)ncc34)cc2n1C1CCOCC1. The van der Waals surface area contributed by atoms with Crippen LogP contribution < -0.4 is 5.32 Å². The van der Waals surface area contributed by atoms with Gasteiger partial charge in [0.05, 0.1) is 37.0 Å². The van der Waals surface area contributed by atoms with Crippen LogP contribution in [0.15, 0.2) is 30.7 Å². The molecule has 6 heterocycles. The molecule has 0 radical (unpaired) electrons. The number of nitrogens with zero attached hydrogens (tertiary/aromatic N) is 6. The van der Waals surface area contributed by atoms with Crippen LogP contribution >= 0.6 is 0 Å². The van der Waals surface area contributed by atoms with Crippen LogP contribution in [0.3, 0.4) is 0 Å². The Balaban J connectivity index is 1.33. The van der Waals surface area contributed by atoms with Crippen molar-refractivity contribution >= 4 is 22.6 Å².